The van der Waals surface area contributed by atoms with Crippen molar-refractivity contribution in [2.45, 2.75) is 87.4 Å². The van der Waals surface area contributed by atoms with Crippen molar-refractivity contribution in [3.63, 3.8) is 0 Å². The van der Waals surface area contributed by atoms with Crippen LogP contribution in [0.3, 0.4) is 0 Å². The third kappa shape index (κ3) is 11.9. The highest BCUT2D eigenvalue weighted by atomic mass is 16.6. The van der Waals surface area contributed by atoms with Crippen molar-refractivity contribution in [1.29, 1.82) is 0 Å². The molecule has 2 spiro atoms. The number of anilines is 3. The number of ketones is 1. The van der Waals surface area contributed by atoms with Crippen molar-refractivity contribution >= 4 is 41.3 Å². The summed E-state index contributed by atoms with van der Waals surface area (Å²) in [5, 5.41) is 27.5. The molecular weight excluding hydrogens is 1090 g/mol. The number of fused-ring (bicyclic) bond motifs is 12. The summed E-state index contributed by atoms with van der Waals surface area (Å²) in [6.45, 7) is 26.7. The molecule has 2 atom stereocenters. The standard InChI is InChI=1S/C41H34N2O6.C18H19NO4.C6H6O2.3C2H6/c1-5-42(4)24-16-18-30-34(20-24)46-36-22-33-37(23-32(36)40(30)28-14-10-8-12-26(28)38(44)48-40)47-35-21-25(43(6-2)7-3)17-19-31(35)41(33)29-15-11-9-13-27(29)39(45)49-41;1-3-19(4-2)13-9-10-14(16(21)11-13)18(22)15-7-5-6-8-17(15)23-12-20;7-5-1-2-6(8)4-3-5;3*1-2/h8-23H,5-7H2,1-4H3;5-12,21H,3-4H2,1-2H3;1-4,7-8H;3*1-2H3. The third-order valence-corrected chi connectivity index (χ3v) is 15.1. The average molecular weight is 1160 g/mol. The Morgan fingerprint density at radius 3 is 1.33 bits per heavy atom. The van der Waals surface area contributed by atoms with E-state index >= 15 is 0 Å². The largest absolute Gasteiger partial charge is 0.508 e. The summed E-state index contributed by atoms with van der Waals surface area (Å²) >= 11 is 0. The molecule has 8 aromatic rings. The molecule has 0 saturated heterocycles. The van der Waals surface area contributed by atoms with Crippen LogP contribution < -0.4 is 28.9 Å². The Bertz CT molecular complexity index is 3680. The zero-order chi connectivity index (χ0) is 62.5. The van der Waals surface area contributed by atoms with Gasteiger partial charge in [0.05, 0.1) is 33.4 Å². The Hall–Kier alpha value is -9.76. The molecule has 0 amide bonds. The van der Waals surface area contributed by atoms with Crippen molar-refractivity contribution in [3.05, 3.63) is 219 Å². The van der Waals surface area contributed by atoms with E-state index in [1.165, 1.54) is 30.3 Å². The normalized spacial score (nSPS) is 15.3. The lowest BCUT2D eigenvalue weighted by Gasteiger charge is -2.41. The predicted molar refractivity (Wildman–Crippen MR) is 338 cm³/mol. The van der Waals surface area contributed by atoms with Crippen LogP contribution in [-0.2, 0) is 25.5 Å². The average Bonchev–Trinajstić information content (AvgIpc) is 1.38. The van der Waals surface area contributed by atoms with Gasteiger partial charge in [0.2, 0.25) is 0 Å². The number of rotatable bonds is 12. The van der Waals surface area contributed by atoms with E-state index in [4.69, 9.17) is 33.9 Å². The lowest BCUT2D eigenvalue weighted by atomic mass is 9.74. The highest BCUT2D eigenvalue weighted by Gasteiger charge is 2.58. The summed E-state index contributed by atoms with van der Waals surface area (Å²) in [6.07, 6.45) is 0. The molecule has 15 nitrogen and oxygen atoms in total. The fourth-order valence-electron chi connectivity index (χ4n) is 10.9. The monoisotopic (exact) mass is 1160 g/mol. The van der Waals surface area contributed by atoms with Crippen LogP contribution in [0.15, 0.2) is 164 Å². The number of benzene rings is 8. The molecule has 86 heavy (non-hydrogen) atoms. The van der Waals surface area contributed by atoms with Gasteiger partial charge in [-0.1, -0.05) is 90.1 Å². The maximum atomic E-state index is 13.6. The molecule has 3 N–H and O–H groups in total. The number of phenols is 3. The summed E-state index contributed by atoms with van der Waals surface area (Å²) in [4.78, 5) is 56.8. The van der Waals surface area contributed by atoms with Gasteiger partial charge in [-0.25, -0.2) is 9.59 Å². The van der Waals surface area contributed by atoms with Gasteiger partial charge in [-0.3, -0.25) is 9.59 Å². The van der Waals surface area contributed by atoms with E-state index in [0.717, 1.165) is 72.0 Å². The molecule has 0 fully saturated rings. The molecule has 4 aliphatic heterocycles. The van der Waals surface area contributed by atoms with Crippen molar-refractivity contribution < 1.29 is 58.2 Å². The molecular formula is C71H77N3O12. The van der Waals surface area contributed by atoms with Gasteiger partial charge in [0.15, 0.2) is 17.0 Å². The number of hydrogen-bond donors (Lipinski definition) is 3. The summed E-state index contributed by atoms with van der Waals surface area (Å²) in [7, 11) is 2.02. The van der Waals surface area contributed by atoms with E-state index in [2.05, 4.69) is 41.5 Å². The molecule has 0 aliphatic carbocycles. The summed E-state index contributed by atoms with van der Waals surface area (Å²) < 4.78 is 31.4. The molecule has 15 heteroatoms. The van der Waals surface area contributed by atoms with E-state index < -0.39 is 28.9 Å². The lowest BCUT2D eigenvalue weighted by molar-refractivity contribution is -0.120. The minimum atomic E-state index is -1.29. The van der Waals surface area contributed by atoms with Crippen LogP contribution in [0.5, 0.6) is 46.0 Å². The van der Waals surface area contributed by atoms with Gasteiger partial charge in [-0.2, -0.15) is 0 Å². The summed E-state index contributed by atoms with van der Waals surface area (Å²) in [5.74, 6) is 1.33. The number of carbonyl (C=O) groups is 4. The molecule has 12 rings (SSSR count). The quantitative estimate of drug-likeness (QED) is 0.0454. The minimum absolute atomic E-state index is 0.0969. The maximum absolute atomic E-state index is 13.6. The minimum Gasteiger partial charge on any atom is -0.508 e. The number of phenolic OH excluding ortho intramolecular Hbond substituents is 3. The highest BCUT2D eigenvalue weighted by molar-refractivity contribution is 6.12. The van der Waals surface area contributed by atoms with Crippen molar-refractivity contribution in [1.82, 2.24) is 0 Å². The predicted octanol–water partition coefficient (Wildman–Crippen LogP) is 15.3. The fraction of sp³-hybridized carbons (Fsp3) is 0.268. The Morgan fingerprint density at radius 1 is 0.465 bits per heavy atom. The Kier molecular flexibility index (Phi) is 20.9. The van der Waals surface area contributed by atoms with Gasteiger partial charge >= 0.3 is 11.9 Å². The second kappa shape index (κ2) is 28.2. The van der Waals surface area contributed by atoms with Crippen molar-refractivity contribution in [2.24, 2.45) is 0 Å². The van der Waals surface area contributed by atoms with E-state index in [9.17, 15) is 24.3 Å². The first-order valence-corrected chi connectivity index (χ1v) is 29.5. The molecule has 0 saturated carbocycles. The first kappa shape index (κ1) is 63.8. The van der Waals surface area contributed by atoms with Crippen LogP contribution in [0, 0.1) is 0 Å². The summed E-state index contributed by atoms with van der Waals surface area (Å²) in [6, 6.07) is 47.9. The van der Waals surface area contributed by atoms with Gasteiger partial charge in [0.1, 0.15) is 46.0 Å². The maximum Gasteiger partial charge on any atom is 0.340 e. The molecule has 2 unspecified atom stereocenters. The number of nitrogens with zero attached hydrogens (tertiary/aromatic N) is 3. The van der Waals surface area contributed by atoms with Gasteiger partial charge in [-0.05, 0) is 132 Å². The van der Waals surface area contributed by atoms with Gasteiger partial charge in [0, 0.05) is 97.3 Å². The molecule has 448 valence electrons. The number of para-hydroxylation sites is 1. The van der Waals surface area contributed by atoms with Crippen LogP contribution in [-0.4, -0.2) is 79.3 Å². The smallest absolute Gasteiger partial charge is 0.340 e. The van der Waals surface area contributed by atoms with E-state index in [0.29, 0.717) is 45.3 Å². The molecule has 0 radical (unpaired) electrons. The second-order valence-electron chi connectivity index (χ2n) is 19.3. The van der Waals surface area contributed by atoms with Crippen LogP contribution >= 0.6 is 0 Å². The number of aromatic hydroxyl groups is 3. The van der Waals surface area contributed by atoms with Gasteiger partial charge in [-0.15, -0.1) is 0 Å². The molecule has 4 aliphatic rings. The van der Waals surface area contributed by atoms with E-state index in [1.54, 1.807) is 48.5 Å². The zero-order valence-corrected chi connectivity index (χ0v) is 51.1. The van der Waals surface area contributed by atoms with E-state index in [1.807, 2.05) is 141 Å². The number of ether oxygens (including phenoxy) is 5. The zero-order valence-electron chi connectivity index (χ0n) is 51.1. The summed E-state index contributed by atoms with van der Waals surface area (Å²) in [5.41, 5.74) is 5.79. The molecule has 0 bridgehead atoms. The third-order valence-electron chi connectivity index (χ3n) is 15.1. The molecule has 4 heterocycles. The highest BCUT2D eigenvalue weighted by Crippen LogP contribution is 2.62. The van der Waals surface area contributed by atoms with Gasteiger partial charge < -0.3 is 53.7 Å². The molecule has 8 aromatic carbocycles. The number of carbonyl (C=O) groups excluding carboxylic acids is 4. The fourth-order valence-corrected chi connectivity index (χ4v) is 10.9. The van der Waals surface area contributed by atoms with Crippen LogP contribution in [0.2, 0.25) is 0 Å². The van der Waals surface area contributed by atoms with Crippen molar-refractivity contribution in [2.75, 3.05) is 54.5 Å². The van der Waals surface area contributed by atoms with Gasteiger partial charge in [0.25, 0.3) is 6.47 Å². The first-order chi connectivity index (χ1) is 41.7. The lowest BCUT2D eigenvalue weighted by Crippen LogP contribution is -2.36. The number of esters is 2. The molecule has 0 aromatic heterocycles. The number of hydrogen-bond acceptors (Lipinski definition) is 15. The van der Waals surface area contributed by atoms with E-state index in [-0.39, 0.29) is 40.6 Å². The second-order valence-corrected chi connectivity index (χ2v) is 19.3. The SMILES string of the molecule is CC.CC.CC.CCN(C)c1ccc2c(c1)Oc1cc3c(cc1C21OC(=O)c2ccccc21)Oc1cc(N(CC)CC)ccc1C31OC(=O)c2ccccc21.CCN(CC)c1ccc(C(=O)c2ccccc2OC=O)c(O)c1.Oc1ccc(O)cc1. The topological polar surface area (TPSA) is 185 Å². The van der Waals surface area contributed by atoms with Crippen LogP contribution in [0.1, 0.15) is 146 Å². The Morgan fingerprint density at radius 2 is 0.872 bits per heavy atom. The Balaban J connectivity index is 0.000000237. The van der Waals surface area contributed by atoms with Crippen LogP contribution in [0.25, 0.3) is 0 Å². The Labute approximate surface area is 504 Å². The van der Waals surface area contributed by atoms with Crippen LogP contribution in [0.4, 0.5) is 17.1 Å². The van der Waals surface area contributed by atoms with Crippen molar-refractivity contribution in [3.8, 4) is 46.0 Å². The first-order valence-electron chi connectivity index (χ1n) is 29.5.